The van der Waals surface area contributed by atoms with E-state index in [-0.39, 0.29) is 0 Å². The highest BCUT2D eigenvalue weighted by atomic mass is 32.1. The summed E-state index contributed by atoms with van der Waals surface area (Å²) < 4.78 is 5.32. The summed E-state index contributed by atoms with van der Waals surface area (Å²) in [6.07, 6.45) is 3.85. The summed E-state index contributed by atoms with van der Waals surface area (Å²) in [6, 6.07) is 15.1. The Morgan fingerprint density at radius 1 is 1.07 bits per heavy atom. The maximum atomic E-state index is 5.59. The average Bonchev–Trinajstić information content (AvgIpc) is 2.72. The minimum absolute atomic E-state index is 0.296. The molecule has 0 unspecified atom stereocenters. The number of hydrogen-bond acceptors (Lipinski definition) is 3. The van der Waals surface area contributed by atoms with E-state index in [1.54, 1.807) is 7.11 Å². The number of nitrogens with one attached hydrogen (secondary N) is 2. The van der Waals surface area contributed by atoms with Gasteiger partial charge in [-0.15, -0.1) is 0 Å². The highest BCUT2D eigenvalue weighted by Gasteiger charge is 2.22. The van der Waals surface area contributed by atoms with Crippen LogP contribution in [0.1, 0.15) is 42.0 Å². The fraction of sp³-hybridized carbons (Fsp3) is 0.435. The SMILES string of the molecule is COc1ccc([C@@H](CNC(=S)Nc2cc(C)ccc2C)N2CCCCC2)cc1. The molecule has 0 amide bonds. The number of piperidine rings is 1. The van der Waals surface area contributed by atoms with Crippen molar-refractivity contribution >= 4 is 23.0 Å². The Balaban J connectivity index is 1.68. The molecule has 1 fully saturated rings. The topological polar surface area (TPSA) is 36.5 Å². The van der Waals surface area contributed by atoms with Gasteiger partial charge < -0.3 is 15.4 Å². The number of anilines is 1. The van der Waals surface area contributed by atoms with Gasteiger partial charge in [-0.25, -0.2) is 0 Å². The highest BCUT2D eigenvalue weighted by Crippen LogP contribution is 2.26. The molecule has 28 heavy (non-hydrogen) atoms. The minimum Gasteiger partial charge on any atom is -0.497 e. The fourth-order valence-electron chi connectivity index (χ4n) is 3.74. The molecule has 1 aliphatic heterocycles. The summed E-state index contributed by atoms with van der Waals surface area (Å²) in [5.74, 6) is 0.890. The van der Waals surface area contributed by atoms with Gasteiger partial charge in [0.2, 0.25) is 0 Å². The summed E-state index contributed by atoms with van der Waals surface area (Å²) in [5, 5.41) is 7.48. The van der Waals surface area contributed by atoms with Crippen molar-refractivity contribution in [2.75, 3.05) is 32.1 Å². The number of methoxy groups -OCH3 is 1. The Bertz CT molecular complexity index is 785. The lowest BCUT2D eigenvalue weighted by Gasteiger charge is -2.35. The van der Waals surface area contributed by atoms with Crippen LogP contribution in [0.25, 0.3) is 0 Å². The Labute approximate surface area is 174 Å². The fourth-order valence-corrected chi connectivity index (χ4v) is 3.93. The van der Waals surface area contributed by atoms with Crippen molar-refractivity contribution in [3.8, 4) is 5.75 Å². The number of rotatable bonds is 6. The zero-order valence-electron chi connectivity index (χ0n) is 17.1. The zero-order chi connectivity index (χ0) is 19.9. The molecule has 5 heteroatoms. The second-order valence-electron chi connectivity index (χ2n) is 7.54. The van der Waals surface area contributed by atoms with Crippen LogP contribution in [0.5, 0.6) is 5.75 Å². The predicted octanol–water partition coefficient (Wildman–Crippen LogP) is 4.83. The summed E-state index contributed by atoms with van der Waals surface area (Å²) in [5.41, 5.74) is 4.78. The van der Waals surface area contributed by atoms with E-state index in [9.17, 15) is 0 Å². The van der Waals surface area contributed by atoms with Crippen molar-refractivity contribution in [3.05, 3.63) is 59.2 Å². The number of thiocarbonyl (C=S) groups is 1. The number of likely N-dealkylation sites (tertiary alicyclic amines) is 1. The maximum Gasteiger partial charge on any atom is 0.170 e. The average molecular weight is 398 g/mol. The molecule has 0 spiro atoms. The lowest BCUT2D eigenvalue weighted by atomic mass is 10.0. The maximum absolute atomic E-state index is 5.59. The first-order valence-electron chi connectivity index (χ1n) is 10.1. The molecule has 1 atom stereocenters. The summed E-state index contributed by atoms with van der Waals surface area (Å²) >= 11 is 5.59. The Morgan fingerprint density at radius 2 is 1.79 bits per heavy atom. The third-order valence-electron chi connectivity index (χ3n) is 5.43. The standard InChI is InChI=1S/C23H31N3OS/c1-17-7-8-18(2)21(15-17)25-23(28)24-16-22(26-13-5-4-6-14-26)19-9-11-20(27-3)12-10-19/h7-12,15,22H,4-6,13-14,16H2,1-3H3,(H2,24,25,28)/t22-/m1/s1. The van der Waals surface area contributed by atoms with Gasteiger partial charge in [0.25, 0.3) is 0 Å². The van der Waals surface area contributed by atoms with Gasteiger partial charge in [0.15, 0.2) is 5.11 Å². The Hall–Kier alpha value is -2.11. The van der Waals surface area contributed by atoms with Crippen LogP contribution >= 0.6 is 12.2 Å². The van der Waals surface area contributed by atoms with Gasteiger partial charge in [-0.3, -0.25) is 4.90 Å². The van der Waals surface area contributed by atoms with Crippen molar-refractivity contribution in [2.45, 2.75) is 39.2 Å². The van der Waals surface area contributed by atoms with E-state index in [2.05, 4.69) is 59.7 Å². The molecule has 1 saturated heterocycles. The van der Waals surface area contributed by atoms with Crippen LogP contribution in [0.4, 0.5) is 5.69 Å². The summed E-state index contributed by atoms with van der Waals surface area (Å²) in [4.78, 5) is 2.57. The van der Waals surface area contributed by atoms with Crippen molar-refractivity contribution in [1.29, 1.82) is 0 Å². The molecule has 150 valence electrons. The van der Waals surface area contributed by atoms with Crippen molar-refractivity contribution in [1.82, 2.24) is 10.2 Å². The molecule has 2 N–H and O–H groups in total. The molecular formula is C23H31N3OS. The molecule has 0 aliphatic carbocycles. The van der Waals surface area contributed by atoms with Crippen LogP contribution in [-0.2, 0) is 0 Å². The van der Waals surface area contributed by atoms with E-state index >= 15 is 0 Å². The second-order valence-corrected chi connectivity index (χ2v) is 7.95. The van der Waals surface area contributed by atoms with Gasteiger partial charge in [0, 0.05) is 12.2 Å². The van der Waals surface area contributed by atoms with Gasteiger partial charge in [-0.1, -0.05) is 30.7 Å². The molecule has 0 radical (unpaired) electrons. The molecule has 0 saturated carbocycles. The van der Waals surface area contributed by atoms with E-state index in [0.29, 0.717) is 11.2 Å². The molecule has 1 aliphatic rings. The number of benzene rings is 2. The predicted molar refractivity (Wildman–Crippen MR) is 121 cm³/mol. The van der Waals surface area contributed by atoms with Crippen molar-refractivity contribution in [2.24, 2.45) is 0 Å². The van der Waals surface area contributed by atoms with E-state index < -0.39 is 0 Å². The van der Waals surface area contributed by atoms with Crippen LogP contribution in [0.3, 0.4) is 0 Å². The number of ether oxygens (including phenoxy) is 1. The molecule has 4 nitrogen and oxygen atoms in total. The van der Waals surface area contributed by atoms with Gasteiger partial charge in [0.1, 0.15) is 5.75 Å². The Morgan fingerprint density at radius 3 is 2.46 bits per heavy atom. The van der Waals surface area contributed by atoms with Crippen molar-refractivity contribution < 1.29 is 4.74 Å². The Kier molecular flexibility index (Phi) is 7.29. The first-order chi connectivity index (χ1) is 13.6. The first kappa shape index (κ1) is 20.6. The van der Waals surface area contributed by atoms with E-state index in [1.807, 2.05) is 12.1 Å². The van der Waals surface area contributed by atoms with E-state index in [0.717, 1.165) is 31.1 Å². The number of aryl methyl sites for hydroxylation is 2. The minimum atomic E-state index is 0.296. The van der Waals surface area contributed by atoms with Crippen LogP contribution < -0.4 is 15.4 Å². The van der Waals surface area contributed by atoms with Crippen molar-refractivity contribution in [3.63, 3.8) is 0 Å². The highest BCUT2D eigenvalue weighted by molar-refractivity contribution is 7.80. The van der Waals surface area contributed by atoms with Crippen LogP contribution in [0, 0.1) is 13.8 Å². The third-order valence-corrected chi connectivity index (χ3v) is 5.68. The van der Waals surface area contributed by atoms with Crippen LogP contribution in [0.15, 0.2) is 42.5 Å². The number of nitrogens with zero attached hydrogens (tertiary/aromatic N) is 1. The molecule has 2 aromatic rings. The lowest BCUT2D eigenvalue weighted by molar-refractivity contribution is 0.164. The van der Waals surface area contributed by atoms with Crippen LogP contribution in [0.2, 0.25) is 0 Å². The number of hydrogen-bond donors (Lipinski definition) is 2. The normalized spacial score (nSPS) is 15.7. The molecule has 0 bridgehead atoms. The van der Waals surface area contributed by atoms with Crippen LogP contribution in [-0.4, -0.2) is 36.8 Å². The second kappa shape index (κ2) is 9.89. The van der Waals surface area contributed by atoms with E-state index in [1.165, 1.54) is 36.0 Å². The zero-order valence-corrected chi connectivity index (χ0v) is 17.9. The quantitative estimate of drug-likeness (QED) is 0.683. The monoisotopic (exact) mass is 397 g/mol. The molecular weight excluding hydrogens is 366 g/mol. The summed E-state index contributed by atoms with van der Waals surface area (Å²) in [6.45, 7) is 7.24. The molecule has 3 rings (SSSR count). The molecule has 1 heterocycles. The largest absolute Gasteiger partial charge is 0.497 e. The lowest BCUT2D eigenvalue weighted by Crippen LogP contribution is -2.41. The van der Waals surface area contributed by atoms with Gasteiger partial charge in [0.05, 0.1) is 13.2 Å². The summed E-state index contributed by atoms with van der Waals surface area (Å²) in [7, 11) is 1.70. The smallest absolute Gasteiger partial charge is 0.170 e. The van der Waals surface area contributed by atoms with Gasteiger partial charge in [-0.05, 0) is 86.9 Å². The molecule has 0 aromatic heterocycles. The van der Waals surface area contributed by atoms with Gasteiger partial charge >= 0.3 is 0 Å². The van der Waals surface area contributed by atoms with E-state index in [4.69, 9.17) is 17.0 Å². The third kappa shape index (κ3) is 5.46. The first-order valence-corrected chi connectivity index (χ1v) is 10.5. The van der Waals surface area contributed by atoms with Gasteiger partial charge in [-0.2, -0.15) is 0 Å². The molecule has 2 aromatic carbocycles.